The van der Waals surface area contributed by atoms with Crippen LogP contribution in [0, 0.1) is 0 Å². The SMILES string of the molecule is CC(=CCl)CN1CCCN(CCBr)CC1. The Balaban J connectivity index is 2.32. The molecule has 1 rings (SSSR count). The third kappa shape index (κ3) is 5.34. The van der Waals surface area contributed by atoms with Gasteiger partial charge in [0.25, 0.3) is 0 Å². The van der Waals surface area contributed by atoms with Crippen LogP contribution in [0.25, 0.3) is 0 Å². The highest BCUT2D eigenvalue weighted by Gasteiger charge is 2.13. The maximum Gasteiger partial charge on any atom is 0.0202 e. The van der Waals surface area contributed by atoms with Gasteiger partial charge < -0.3 is 4.90 Å². The summed E-state index contributed by atoms with van der Waals surface area (Å²) in [5, 5.41) is 1.08. The average molecular weight is 296 g/mol. The first-order chi connectivity index (χ1) is 7.26. The normalized spacial score (nSPS) is 21.7. The molecule has 1 heterocycles. The van der Waals surface area contributed by atoms with Crippen molar-refractivity contribution < 1.29 is 0 Å². The lowest BCUT2D eigenvalue weighted by atomic mass is 10.3. The van der Waals surface area contributed by atoms with Crippen LogP contribution in [-0.4, -0.2) is 54.4 Å². The first-order valence-corrected chi connectivity index (χ1v) is 7.08. The smallest absolute Gasteiger partial charge is 0.0202 e. The van der Waals surface area contributed by atoms with Crippen LogP contribution in [0.4, 0.5) is 0 Å². The van der Waals surface area contributed by atoms with E-state index >= 15 is 0 Å². The predicted octanol–water partition coefficient (Wildman–Crippen LogP) is 2.53. The van der Waals surface area contributed by atoms with E-state index in [4.69, 9.17) is 11.6 Å². The number of alkyl halides is 1. The first-order valence-electron chi connectivity index (χ1n) is 5.53. The van der Waals surface area contributed by atoms with Gasteiger partial charge in [-0.1, -0.05) is 27.5 Å². The number of halogens is 2. The van der Waals surface area contributed by atoms with E-state index < -0.39 is 0 Å². The molecule has 15 heavy (non-hydrogen) atoms. The number of hydrogen-bond donors (Lipinski definition) is 0. The monoisotopic (exact) mass is 294 g/mol. The summed E-state index contributed by atoms with van der Waals surface area (Å²) in [6, 6.07) is 0. The van der Waals surface area contributed by atoms with E-state index in [1.807, 2.05) is 0 Å². The molecular weight excluding hydrogens is 275 g/mol. The van der Waals surface area contributed by atoms with Crippen molar-refractivity contribution in [2.24, 2.45) is 0 Å². The lowest BCUT2D eigenvalue weighted by Gasteiger charge is -2.21. The average Bonchev–Trinajstić information content (AvgIpc) is 2.45. The topological polar surface area (TPSA) is 6.48 Å². The zero-order valence-electron chi connectivity index (χ0n) is 9.38. The maximum atomic E-state index is 5.69. The third-order valence-corrected chi connectivity index (χ3v) is 3.47. The standard InChI is InChI=1S/C11H20BrClN2/c1-11(9-13)10-15-5-2-4-14(6-3-12)7-8-15/h9H,2-8,10H2,1H3. The van der Waals surface area contributed by atoms with Crippen LogP contribution in [0.5, 0.6) is 0 Å². The summed E-state index contributed by atoms with van der Waals surface area (Å²) in [5.74, 6) is 0. The summed E-state index contributed by atoms with van der Waals surface area (Å²) in [4.78, 5) is 5.01. The molecule has 0 aliphatic carbocycles. The molecule has 1 aliphatic heterocycles. The molecule has 2 nitrogen and oxygen atoms in total. The summed E-state index contributed by atoms with van der Waals surface area (Å²) >= 11 is 9.18. The number of rotatable bonds is 4. The van der Waals surface area contributed by atoms with Gasteiger partial charge in [-0.05, 0) is 32.0 Å². The Morgan fingerprint density at radius 1 is 1.27 bits per heavy atom. The molecular formula is C11H20BrClN2. The highest BCUT2D eigenvalue weighted by molar-refractivity contribution is 9.09. The van der Waals surface area contributed by atoms with E-state index in [0.29, 0.717) is 0 Å². The van der Waals surface area contributed by atoms with E-state index in [9.17, 15) is 0 Å². The van der Waals surface area contributed by atoms with Crippen LogP contribution in [-0.2, 0) is 0 Å². The number of nitrogens with zero attached hydrogens (tertiary/aromatic N) is 2. The van der Waals surface area contributed by atoms with Gasteiger partial charge in [0.05, 0.1) is 0 Å². The van der Waals surface area contributed by atoms with Crippen molar-refractivity contribution in [3.8, 4) is 0 Å². The molecule has 0 bridgehead atoms. The Morgan fingerprint density at radius 3 is 2.60 bits per heavy atom. The van der Waals surface area contributed by atoms with Gasteiger partial charge in [-0.3, -0.25) is 4.90 Å². The van der Waals surface area contributed by atoms with Gasteiger partial charge in [0.1, 0.15) is 0 Å². The van der Waals surface area contributed by atoms with Gasteiger partial charge >= 0.3 is 0 Å². The molecule has 4 heteroatoms. The van der Waals surface area contributed by atoms with Gasteiger partial charge in [0.15, 0.2) is 0 Å². The van der Waals surface area contributed by atoms with Crippen LogP contribution < -0.4 is 0 Å². The Hall–Kier alpha value is 0.430. The molecule has 0 aromatic carbocycles. The molecule has 88 valence electrons. The zero-order valence-corrected chi connectivity index (χ0v) is 11.7. The van der Waals surface area contributed by atoms with Crippen molar-refractivity contribution in [2.45, 2.75) is 13.3 Å². The van der Waals surface area contributed by atoms with Gasteiger partial charge in [0, 0.05) is 37.0 Å². The van der Waals surface area contributed by atoms with E-state index in [1.54, 1.807) is 5.54 Å². The zero-order chi connectivity index (χ0) is 11.1. The third-order valence-electron chi connectivity index (χ3n) is 2.74. The fraction of sp³-hybridized carbons (Fsp3) is 0.818. The minimum Gasteiger partial charge on any atom is -0.301 e. The molecule has 0 spiro atoms. The Kier molecular flexibility index (Phi) is 6.89. The van der Waals surface area contributed by atoms with E-state index in [-0.39, 0.29) is 0 Å². The van der Waals surface area contributed by atoms with Gasteiger partial charge in [-0.25, -0.2) is 0 Å². The van der Waals surface area contributed by atoms with Crippen molar-refractivity contribution in [1.29, 1.82) is 0 Å². The molecule has 1 saturated heterocycles. The van der Waals surface area contributed by atoms with Crippen molar-refractivity contribution in [3.63, 3.8) is 0 Å². The highest BCUT2D eigenvalue weighted by atomic mass is 79.9. The number of hydrogen-bond acceptors (Lipinski definition) is 2. The molecule has 0 amide bonds. The van der Waals surface area contributed by atoms with Gasteiger partial charge in [0.2, 0.25) is 0 Å². The van der Waals surface area contributed by atoms with Crippen LogP contribution in [0.3, 0.4) is 0 Å². The summed E-state index contributed by atoms with van der Waals surface area (Å²) in [7, 11) is 0. The molecule has 0 saturated carbocycles. The summed E-state index contributed by atoms with van der Waals surface area (Å²) < 4.78 is 0. The van der Waals surface area contributed by atoms with Gasteiger partial charge in [-0.2, -0.15) is 0 Å². The largest absolute Gasteiger partial charge is 0.301 e. The fourth-order valence-corrected chi connectivity index (χ4v) is 2.48. The molecule has 0 unspecified atom stereocenters. The van der Waals surface area contributed by atoms with Crippen LogP contribution >= 0.6 is 27.5 Å². The lowest BCUT2D eigenvalue weighted by molar-refractivity contribution is 0.277. The molecule has 0 N–H and O–H groups in total. The van der Waals surface area contributed by atoms with E-state index in [0.717, 1.165) is 25.0 Å². The molecule has 0 atom stereocenters. The van der Waals surface area contributed by atoms with Crippen LogP contribution in [0.15, 0.2) is 11.1 Å². The summed E-state index contributed by atoms with van der Waals surface area (Å²) in [6.45, 7) is 9.04. The molecule has 1 aliphatic rings. The predicted molar refractivity (Wildman–Crippen MR) is 70.9 cm³/mol. The Bertz CT molecular complexity index is 209. The molecule has 0 aromatic heterocycles. The van der Waals surface area contributed by atoms with E-state index in [1.165, 1.54) is 31.6 Å². The second kappa shape index (κ2) is 7.66. The maximum absolute atomic E-state index is 5.69. The van der Waals surface area contributed by atoms with Crippen molar-refractivity contribution in [3.05, 3.63) is 11.1 Å². The fourth-order valence-electron chi connectivity index (χ4n) is 1.91. The molecule has 0 radical (unpaired) electrons. The second-order valence-corrected chi connectivity index (χ2v) is 5.13. The van der Waals surface area contributed by atoms with Gasteiger partial charge in [-0.15, -0.1) is 0 Å². The molecule has 1 fully saturated rings. The lowest BCUT2D eigenvalue weighted by Crippen LogP contribution is -2.32. The minimum atomic E-state index is 1.02. The Morgan fingerprint density at radius 2 is 1.93 bits per heavy atom. The Labute approximate surface area is 106 Å². The quantitative estimate of drug-likeness (QED) is 0.736. The van der Waals surface area contributed by atoms with Crippen molar-refractivity contribution >= 4 is 27.5 Å². The summed E-state index contributed by atoms with van der Waals surface area (Å²) in [5.41, 5.74) is 2.95. The van der Waals surface area contributed by atoms with Crippen LogP contribution in [0.1, 0.15) is 13.3 Å². The first kappa shape index (κ1) is 13.5. The van der Waals surface area contributed by atoms with E-state index in [2.05, 4.69) is 32.7 Å². The van der Waals surface area contributed by atoms with Crippen molar-refractivity contribution in [2.75, 3.05) is 44.6 Å². The summed E-state index contributed by atoms with van der Waals surface area (Å²) in [6.07, 6.45) is 1.27. The molecule has 0 aromatic rings. The van der Waals surface area contributed by atoms with Crippen molar-refractivity contribution in [1.82, 2.24) is 9.80 Å². The second-order valence-electron chi connectivity index (χ2n) is 4.12. The van der Waals surface area contributed by atoms with Crippen LogP contribution in [0.2, 0.25) is 0 Å². The minimum absolute atomic E-state index is 1.02. The highest BCUT2D eigenvalue weighted by Crippen LogP contribution is 2.06.